The Labute approximate surface area is 151 Å². The van der Waals surface area contributed by atoms with Gasteiger partial charge < -0.3 is 18.9 Å². The van der Waals surface area contributed by atoms with Gasteiger partial charge in [-0.2, -0.15) is 10.2 Å². The summed E-state index contributed by atoms with van der Waals surface area (Å²) < 4.78 is 21.5. The molecule has 0 fully saturated rings. The third-order valence-electron chi connectivity index (χ3n) is 3.51. The number of methoxy groups -OCH3 is 2. The van der Waals surface area contributed by atoms with E-state index in [1.165, 1.54) is 0 Å². The maximum atomic E-state index is 5.63. The summed E-state index contributed by atoms with van der Waals surface area (Å²) in [5, 5.41) is 8.35. The lowest BCUT2D eigenvalue weighted by molar-refractivity contribution is 0.362. The van der Waals surface area contributed by atoms with E-state index in [1.807, 2.05) is 48.5 Å². The zero-order chi connectivity index (χ0) is 18.2. The van der Waals surface area contributed by atoms with Gasteiger partial charge in [-0.15, -0.1) is 0 Å². The fraction of sp³-hybridized carbons (Fsp3) is 0.222. The van der Waals surface area contributed by atoms with Gasteiger partial charge in [-0.25, -0.2) is 0 Å². The minimum Gasteiger partial charge on any atom is -0.497 e. The molecule has 0 saturated carbocycles. The number of nitrogens with one attached hydrogen (secondary N) is 2. The van der Waals surface area contributed by atoms with Crippen molar-refractivity contribution in [1.82, 2.24) is 10.9 Å². The average molecular weight is 356 g/mol. The molecule has 2 aromatic rings. The molecule has 8 heteroatoms. The maximum Gasteiger partial charge on any atom is 0.180 e. The van der Waals surface area contributed by atoms with Gasteiger partial charge in [0, 0.05) is 0 Å². The van der Waals surface area contributed by atoms with E-state index in [-0.39, 0.29) is 13.2 Å². The van der Waals surface area contributed by atoms with E-state index in [1.54, 1.807) is 14.2 Å². The third-order valence-corrected chi connectivity index (χ3v) is 3.51. The molecule has 0 radical (unpaired) electrons. The van der Waals surface area contributed by atoms with Crippen molar-refractivity contribution < 1.29 is 18.9 Å². The molecule has 0 amide bonds. The highest BCUT2D eigenvalue weighted by atomic mass is 16.5. The minimum atomic E-state index is 0.259. The molecule has 0 bridgehead atoms. The molecule has 26 heavy (non-hydrogen) atoms. The Morgan fingerprint density at radius 3 is 1.27 bits per heavy atom. The molecule has 0 aliphatic carbocycles. The Kier molecular flexibility index (Phi) is 5.76. The van der Waals surface area contributed by atoms with Crippen molar-refractivity contribution in [3.05, 3.63) is 48.5 Å². The molecule has 2 N–H and O–H groups in total. The van der Waals surface area contributed by atoms with Gasteiger partial charge in [-0.3, -0.25) is 10.9 Å². The fourth-order valence-electron chi connectivity index (χ4n) is 2.09. The van der Waals surface area contributed by atoms with Crippen molar-refractivity contribution in [1.29, 1.82) is 0 Å². The second-order valence-corrected chi connectivity index (χ2v) is 5.27. The van der Waals surface area contributed by atoms with Crippen LogP contribution in [0.5, 0.6) is 23.0 Å². The first-order valence-corrected chi connectivity index (χ1v) is 7.95. The molecule has 3 rings (SSSR count). The van der Waals surface area contributed by atoms with Gasteiger partial charge in [-0.1, -0.05) is 0 Å². The fourth-order valence-corrected chi connectivity index (χ4v) is 2.09. The molecule has 0 unspecified atom stereocenters. The Balaban J connectivity index is 1.42. The molecule has 2 aromatic carbocycles. The van der Waals surface area contributed by atoms with Crippen molar-refractivity contribution in [2.75, 3.05) is 27.4 Å². The second-order valence-electron chi connectivity index (χ2n) is 5.27. The monoisotopic (exact) mass is 356 g/mol. The van der Waals surface area contributed by atoms with E-state index in [2.05, 4.69) is 21.1 Å². The van der Waals surface area contributed by atoms with Gasteiger partial charge >= 0.3 is 0 Å². The number of hydrogen-bond donors (Lipinski definition) is 2. The summed E-state index contributed by atoms with van der Waals surface area (Å²) in [6.07, 6.45) is 0. The molecule has 136 valence electrons. The highest BCUT2D eigenvalue weighted by Crippen LogP contribution is 2.17. The lowest BCUT2D eigenvalue weighted by Gasteiger charge is -2.16. The first-order chi connectivity index (χ1) is 12.8. The summed E-state index contributed by atoms with van der Waals surface area (Å²) in [6, 6.07) is 14.6. The van der Waals surface area contributed by atoms with Crippen molar-refractivity contribution >= 4 is 11.7 Å². The van der Waals surface area contributed by atoms with Gasteiger partial charge in [0.2, 0.25) is 0 Å². The molecular weight excluding hydrogens is 336 g/mol. The van der Waals surface area contributed by atoms with Crippen LogP contribution in [-0.4, -0.2) is 39.1 Å². The number of hydrazone groups is 2. The van der Waals surface area contributed by atoms with Gasteiger partial charge in [0.25, 0.3) is 0 Å². The molecule has 0 aromatic heterocycles. The van der Waals surface area contributed by atoms with Crippen LogP contribution in [0.25, 0.3) is 0 Å². The Bertz CT molecular complexity index is 705. The topological polar surface area (TPSA) is 85.7 Å². The summed E-state index contributed by atoms with van der Waals surface area (Å²) in [7, 11) is 3.24. The number of hydrogen-bond acceptors (Lipinski definition) is 8. The Hall–Kier alpha value is -3.42. The first kappa shape index (κ1) is 17.4. The predicted octanol–water partition coefficient (Wildman–Crippen LogP) is 1.98. The molecule has 1 aliphatic rings. The summed E-state index contributed by atoms with van der Waals surface area (Å²) in [6.45, 7) is 0.519. The van der Waals surface area contributed by atoms with Gasteiger partial charge in [0.05, 0.1) is 14.2 Å². The lowest BCUT2D eigenvalue weighted by atomic mass is 10.3. The van der Waals surface area contributed by atoms with E-state index in [0.29, 0.717) is 23.2 Å². The van der Waals surface area contributed by atoms with Crippen LogP contribution in [0.1, 0.15) is 0 Å². The van der Waals surface area contributed by atoms with Crippen molar-refractivity contribution in [3.63, 3.8) is 0 Å². The normalized spacial score (nSPS) is 12.8. The minimum absolute atomic E-state index is 0.259. The van der Waals surface area contributed by atoms with Crippen LogP contribution in [0.3, 0.4) is 0 Å². The maximum absolute atomic E-state index is 5.63. The van der Waals surface area contributed by atoms with E-state index < -0.39 is 0 Å². The summed E-state index contributed by atoms with van der Waals surface area (Å²) >= 11 is 0. The quantitative estimate of drug-likeness (QED) is 0.752. The zero-order valence-corrected chi connectivity index (χ0v) is 14.6. The van der Waals surface area contributed by atoms with E-state index in [0.717, 1.165) is 11.5 Å². The molecule has 0 saturated heterocycles. The van der Waals surface area contributed by atoms with Crippen LogP contribution < -0.4 is 29.8 Å². The van der Waals surface area contributed by atoms with Crippen LogP contribution >= 0.6 is 0 Å². The number of rotatable bonds is 8. The number of amidine groups is 2. The third kappa shape index (κ3) is 4.79. The Morgan fingerprint density at radius 2 is 0.962 bits per heavy atom. The molecule has 1 heterocycles. The summed E-state index contributed by atoms with van der Waals surface area (Å²) in [5.41, 5.74) is 5.68. The number of nitrogens with zero attached hydrogens (tertiary/aromatic N) is 2. The number of benzene rings is 2. The van der Waals surface area contributed by atoms with Crippen molar-refractivity contribution in [3.8, 4) is 23.0 Å². The van der Waals surface area contributed by atoms with E-state index in [9.17, 15) is 0 Å². The van der Waals surface area contributed by atoms with Crippen molar-refractivity contribution in [2.45, 2.75) is 0 Å². The summed E-state index contributed by atoms with van der Waals surface area (Å²) in [5.74, 6) is 4.11. The smallest absolute Gasteiger partial charge is 0.180 e. The standard InChI is InChI=1S/C18H20N4O4/c1-23-13-3-7-15(8-4-13)25-11-17-19-21-18(22-20-17)12-26-16-9-5-14(24-2)6-10-16/h3-10H,11-12H2,1-2H3,(H,19,20)(H,21,22). The second kappa shape index (κ2) is 8.61. The van der Waals surface area contributed by atoms with Crippen molar-refractivity contribution in [2.24, 2.45) is 10.2 Å². The lowest BCUT2D eigenvalue weighted by Crippen LogP contribution is -2.39. The molecule has 8 nitrogen and oxygen atoms in total. The molecular formula is C18H20N4O4. The highest BCUT2D eigenvalue weighted by Gasteiger charge is 2.09. The SMILES string of the molecule is COc1ccc(OCC2=NNC(COc3ccc(OC)cc3)=NN2)cc1. The van der Waals surface area contributed by atoms with Crippen LogP contribution in [0, 0.1) is 0 Å². The first-order valence-electron chi connectivity index (χ1n) is 7.95. The highest BCUT2D eigenvalue weighted by molar-refractivity contribution is 5.92. The number of ether oxygens (including phenoxy) is 4. The van der Waals surface area contributed by atoms with Crippen LogP contribution in [0.15, 0.2) is 58.7 Å². The van der Waals surface area contributed by atoms with Gasteiger partial charge in [0.15, 0.2) is 11.7 Å². The van der Waals surface area contributed by atoms with E-state index >= 15 is 0 Å². The largest absolute Gasteiger partial charge is 0.497 e. The molecule has 0 atom stereocenters. The van der Waals surface area contributed by atoms with Crippen LogP contribution in [0.2, 0.25) is 0 Å². The van der Waals surface area contributed by atoms with Gasteiger partial charge in [0.1, 0.15) is 36.2 Å². The van der Waals surface area contributed by atoms with Crippen LogP contribution in [-0.2, 0) is 0 Å². The Morgan fingerprint density at radius 1 is 0.615 bits per heavy atom. The van der Waals surface area contributed by atoms with E-state index in [4.69, 9.17) is 18.9 Å². The van der Waals surface area contributed by atoms with Crippen LogP contribution in [0.4, 0.5) is 0 Å². The molecule has 0 spiro atoms. The molecule has 1 aliphatic heterocycles. The van der Waals surface area contributed by atoms with Gasteiger partial charge in [-0.05, 0) is 48.5 Å². The summed E-state index contributed by atoms with van der Waals surface area (Å²) in [4.78, 5) is 0. The zero-order valence-electron chi connectivity index (χ0n) is 14.6. The predicted molar refractivity (Wildman–Crippen MR) is 98.1 cm³/mol. The average Bonchev–Trinajstić information content (AvgIpc) is 2.72.